The molecule has 0 aliphatic carbocycles. The second-order valence-corrected chi connectivity index (χ2v) is 11.0. The van der Waals surface area contributed by atoms with Crippen molar-refractivity contribution in [1.82, 2.24) is 18.8 Å². The number of nitrogens with zero attached hydrogens (tertiary/aromatic N) is 3. The normalized spacial score (nSPS) is 17.5. The van der Waals surface area contributed by atoms with Gasteiger partial charge >= 0.3 is 5.69 Å². The molecule has 35 heavy (non-hydrogen) atoms. The van der Waals surface area contributed by atoms with Crippen molar-refractivity contribution in [3.05, 3.63) is 74.9 Å². The highest BCUT2D eigenvalue weighted by molar-refractivity contribution is 7.89. The van der Waals surface area contributed by atoms with Crippen LogP contribution in [-0.4, -0.2) is 47.5 Å². The number of fused-ring (bicyclic) bond motifs is 1. The Hall–Kier alpha value is -3.24. The third kappa shape index (κ3) is 5.08. The summed E-state index contributed by atoms with van der Waals surface area (Å²) in [5.74, 6) is 0.0908. The van der Waals surface area contributed by atoms with Gasteiger partial charge in [-0.2, -0.15) is 4.72 Å². The molecule has 1 aliphatic heterocycles. The number of amides is 1. The highest BCUT2D eigenvalue weighted by Gasteiger charge is 2.31. The Morgan fingerprint density at radius 2 is 1.80 bits per heavy atom. The maximum absolute atomic E-state index is 13.5. The number of carbonyl (C=O) groups excluding carboxylic acids is 1. The predicted octanol–water partition coefficient (Wildman–Crippen LogP) is 1.39. The molecule has 1 fully saturated rings. The molecule has 0 saturated carbocycles. The van der Waals surface area contributed by atoms with Crippen LogP contribution < -0.4 is 16.0 Å². The Kier molecular flexibility index (Phi) is 6.95. The Labute approximate surface area is 204 Å². The highest BCUT2D eigenvalue weighted by atomic mass is 32.2. The molecular weight excluding hydrogens is 468 g/mol. The molecule has 4 rings (SSSR count). The molecule has 1 aromatic heterocycles. The largest absolute Gasteiger partial charge is 0.341 e. The summed E-state index contributed by atoms with van der Waals surface area (Å²) in [6.07, 6.45) is 2.12. The predicted molar refractivity (Wildman–Crippen MR) is 134 cm³/mol. The maximum atomic E-state index is 13.5. The van der Waals surface area contributed by atoms with Gasteiger partial charge in [-0.05, 0) is 48.9 Å². The molecule has 10 heteroatoms. The fraction of sp³-hybridized carbons (Fsp3) is 0.400. The molecule has 1 saturated heterocycles. The van der Waals surface area contributed by atoms with E-state index in [-0.39, 0.29) is 22.6 Å². The topological polar surface area (TPSA) is 110 Å². The summed E-state index contributed by atoms with van der Waals surface area (Å²) in [7, 11) is -1.29. The van der Waals surface area contributed by atoms with Crippen molar-refractivity contribution in [2.45, 2.75) is 37.1 Å². The number of rotatable bonds is 6. The lowest BCUT2D eigenvalue weighted by molar-refractivity contribution is -0.134. The fourth-order valence-corrected chi connectivity index (χ4v) is 5.85. The molecule has 2 heterocycles. The van der Waals surface area contributed by atoms with E-state index in [1.54, 1.807) is 4.90 Å². The average molecular weight is 499 g/mol. The smallest absolute Gasteiger partial charge is 0.330 e. The maximum Gasteiger partial charge on any atom is 0.330 e. The molecule has 9 nitrogen and oxygen atoms in total. The Balaban J connectivity index is 1.71. The zero-order valence-electron chi connectivity index (χ0n) is 20.1. The molecule has 1 aliphatic rings. The van der Waals surface area contributed by atoms with Crippen molar-refractivity contribution in [3.63, 3.8) is 0 Å². The van der Waals surface area contributed by atoms with E-state index in [1.807, 2.05) is 30.3 Å². The van der Waals surface area contributed by atoms with Crippen molar-refractivity contribution in [2.24, 2.45) is 20.0 Å². The van der Waals surface area contributed by atoms with Crippen molar-refractivity contribution in [1.29, 1.82) is 0 Å². The number of hydrogen-bond acceptors (Lipinski definition) is 5. The molecule has 1 amide bonds. The van der Waals surface area contributed by atoms with E-state index in [0.29, 0.717) is 24.5 Å². The van der Waals surface area contributed by atoms with Gasteiger partial charge in [0, 0.05) is 27.2 Å². The molecule has 3 aromatic rings. The van der Waals surface area contributed by atoms with Gasteiger partial charge in [-0.25, -0.2) is 13.2 Å². The van der Waals surface area contributed by atoms with Crippen LogP contribution in [-0.2, 0) is 35.3 Å². The van der Waals surface area contributed by atoms with Crippen LogP contribution in [0.15, 0.2) is 63.0 Å². The second kappa shape index (κ2) is 9.79. The molecule has 1 N–H and O–H groups in total. The van der Waals surface area contributed by atoms with Crippen LogP contribution in [0.5, 0.6) is 0 Å². The summed E-state index contributed by atoms with van der Waals surface area (Å²) in [5.41, 5.74) is 0.0807. The third-order valence-electron chi connectivity index (χ3n) is 6.60. The highest BCUT2D eigenvalue weighted by Crippen LogP contribution is 2.20. The van der Waals surface area contributed by atoms with Gasteiger partial charge in [-0.15, -0.1) is 0 Å². The van der Waals surface area contributed by atoms with Crippen LogP contribution in [0.3, 0.4) is 0 Å². The van der Waals surface area contributed by atoms with Crippen molar-refractivity contribution < 1.29 is 13.2 Å². The van der Waals surface area contributed by atoms with Crippen LogP contribution in [0.1, 0.15) is 25.3 Å². The van der Waals surface area contributed by atoms with E-state index in [9.17, 15) is 22.8 Å². The summed E-state index contributed by atoms with van der Waals surface area (Å²) in [6, 6.07) is 12.3. The van der Waals surface area contributed by atoms with Gasteiger partial charge in [0.25, 0.3) is 5.56 Å². The monoisotopic (exact) mass is 498 g/mol. The Morgan fingerprint density at radius 1 is 1.09 bits per heavy atom. The summed E-state index contributed by atoms with van der Waals surface area (Å²) in [5, 5.41) is 0.105. The number of piperidine rings is 1. The van der Waals surface area contributed by atoms with Crippen LogP contribution >= 0.6 is 0 Å². The van der Waals surface area contributed by atoms with Gasteiger partial charge in [-0.3, -0.25) is 18.7 Å². The molecule has 0 spiro atoms. The number of likely N-dealkylation sites (tertiary alicyclic amines) is 1. The van der Waals surface area contributed by atoms with Crippen LogP contribution in [0.2, 0.25) is 0 Å². The Morgan fingerprint density at radius 3 is 2.49 bits per heavy atom. The number of sulfonamides is 1. The first-order valence-corrected chi connectivity index (χ1v) is 13.1. The van der Waals surface area contributed by atoms with Crippen molar-refractivity contribution in [2.75, 3.05) is 13.1 Å². The van der Waals surface area contributed by atoms with E-state index in [2.05, 4.69) is 11.6 Å². The van der Waals surface area contributed by atoms with Gasteiger partial charge < -0.3 is 4.90 Å². The minimum atomic E-state index is -4.15. The summed E-state index contributed by atoms with van der Waals surface area (Å²) >= 11 is 0. The van der Waals surface area contributed by atoms with Crippen molar-refractivity contribution in [3.8, 4) is 0 Å². The fourth-order valence-electron chi connectivity index (χ4n) is 4.64. The Bertz CT molecular complexity index is 1480. The lowest BCUT2D eigenvalue weighted by Gasteiger charge is -2.33. The molecule has 0 bridgehead atoms. The number of carbonyl (C=O) groups is 1. The molecule has 2 atom stereocenters. The second-order valence-electron chi connectivity index (χ2n) is 9.28. The van der Waals surface area contributed by atoms with E-state index in [4.69, 9.17) is 0 Å². The lowest BCUT2D eigenvalue weighted by Crippen LogP contribution is -2.52. The van der Waals surface area contributed by atoms with E-state index >= 15 is 0 Å². The van der Waals surface area contributed by atoms with E-state index in [0.717, 1.165) is 23.0 Å². The number of nitrogens with one attached hydrogen (secondary N) is 1. The molecule has 186 valence electrons. The van der Waals surface area contributed by atoms with Crippen molar-refractivity contribution >= 4 is 26.8 Å². The van der Waals surface area contributed by atoms with Crippen LogP contribution in [0.4, 0.5) is 0 Å². The first kappa shape index (κ1) is 24.9. The summed E-state index contributed by atoms with van der Waals surface area (Å²) < 4.78 is 31.7. The summed E-state index contributed by atoms with van der Waals surface area (Å²) in [4.78, 5) is 39.9. The SMILES string of the molecule is C[C@@H]1CCCN(C(=O)[C@@H](Cc2ccccc2)NS(=O)(=O)c2ccc3c(c2)c(=O)n(C)c(=O)n3C)C1. The first-order chi connectivity index (χ1) is 16.6. The average Bonchev–Trinajstić information content (AvgIpc) is 2.85. The number of benzene rings is 2. The van der Waals surface area contributed by atoms with Crippen LogP contribution in [0, 0.1) is 5.92 Å². The molecule has 2 aromatic carbocycles. The number of aryl methyl sites for hydroxylation is 1. The van der Waals surface area contributed by atoms with E-state index < -0.39 is 27.3 Å². The van der Waals surface area contributed by atoms with E-state index in [1.165, 1.54) is 36.9 Å². The first-order valence-electron chi connectivity index (χ1n) is 11.6. The third-order valence-corrected chi connectivity index (χ3v) is 8.06. The van der Waals surface area contributed by atoms with Crippen LogP contribution in [0.25, 0.3) is 10.9 Å². The molecule has 0 radical (unpaired) electrons. The minimum absolute atomic E-state index is 0.105. The lowest BCUT2D eigenvalue weighted by atomic mass is 9.98. The molecule has 0 unspecified atom stereocenters. The standard InChI is InChI=1S/C25H30N4O5S/c1-17-8-7-13-29(16-17)24(31)21(14-18-9-5-4-6-10-18)26-35(33,34)19-11-12-22-20(15-19)23(30)28(3)25(32)27(22)2/h4-6,9-12,15,17,21,26H,7-8,13-14,16H2,1-3H3/t17-,21-/m1/s1. The zero-order chi connectivity index (χ0) is 25.3. The number of aromatic nitrogens is 2. The van der Waals surface area contributed by atoms with Gasteiger partial charge in [0.1, 0.15) is 6.04 Å². The van der Waals surface area contributed by atoms with Gasteiger partial charge in [0.05, 0.1) is 15.8 Å². The molecular formula is C25H30N4O5S. The minimum Gasteiger partial charge on any atom is -0.341 e. The van der Waals surface area contributed by atoms with Gasteiger partial charge in [0.2, 0.25) is 15.9 Å². The summed E-state index contributed by atoms with van der Waals surface area (Å²) in [6.45, 7) is 3.26. The quantitative estimate of drug-likeness (QED) is 0.552. The number of hydrogen-bond donors (Lipinski definition) is 1. The van der Waals surface area contributed by atoms with Gasteiger partial charge in [-0.1, -0.05) is 37.3 Å². The zero-order valence-corrected chi connectivity index (χ0v) is 20.9. The van der Waals surface area contributed by atoms with Gasteiger partial charge in [0.15, 0.2) is 0 Å².